The Hall–Kier alpha value is -2.32. The third kappa shape index (κ3) is 8.51. The van der Waals surface area contributed by atoms with Crippen molar-refractivity contribution in [2.75, 3.05) is 39.2 Å². The van der Waals surface area contributed by atoms with Gasteiger partial charge in [-0.05, 0) is 59.7 Å². The van der Waals surface area contributed by atoms with Gasteiger partial charge in [0.05, 0.1) is 13.7 Å². The number of allylic oxidation sites excluding steroid dienone is 1. The number of halogens is 1. The first-order chi connectivity index (χ1) is 15.5. The third-order valence-corrected chi connectivity index (χ3v) is 6.78. The van der Waals surface area contributed by atoms with Crippen molar-refractivity contribution in [3.05, 3.63) is 102 Å². The summed E-state index contributed by atoms with van der Waals surface area (Å²) in [6, 6.07) is 29.7. The van der Waals surface area contributed by atoms with E-state index >= 15 is 0 Å². The molecule has 33 heavy (non-hydrogen) atoms. The Morgan fingerprint density at radius 1 is 0.788 bits per heavy atom. The predicted molar refractivity (Wildman–Crippen MR) is 137 cm³/mol. The molecule has 2 N–H and O–H groups in total. The molecule has 3 aromatic carbocycles. The summed E-state index contributed by atoms with van der Waals surface area (Å²) in [5.74, 6) is 0.879. The minimum absolute atomic E-state index is 0. The lowest BCUT2D eigenvalue weighted by Crippen LogP contribution is -3.00. The van der Waals surface area contributed by atoms with E-state index in [-0.39, 0.29) is 12.4 Å². The molecule has 0 aliphatic carbocycles. The van der Waals surface area contributed by atoms with Crippen LogP contribution in [0.5, 0.6) is 5.75 Å². The number of rotatable bonds is 11. The fourth-order valence-electron chi connectivity index (χ4n) is 3.81. The molecule has 0 aliphatic heterocycles. The SMILES string of the molecule is CC/C(=C(\c1ccccc1)c1ccc(OCC[NH2+]CCP(C)(C)=O)cc1)c1ccccc1.[Cl-]. The second-order valence-electron chi connectivity index (χ2n) is 8.48. The lowest BCUT2D eigenvalue weighted by atomic mass is 9.88. The summed E-state index contributed by atoms with van der Waals surface area (Å²) >= 11 is 0. The number of hydrogen-bond donors (Lipinski definition) is 1. The summed E-state index contributed by atoms with van der Waals surface area (Å²) in [5.41, 5.74) is 6.28. The van der Waals surface area contributed by atoms with Crippen molar-refractivity contribution in [3.8, 4) is 5.75 Å². The normalized spacial score (nSPS) is 12.0. The van der Waals surface area contributed by atoms with Crippen LogP contribution in [0, 0.1) is 0 Å². The molecule has 0 atom stereocenters. The summed E-state index contributed by atoms with van der Waals surface area (Å²) in [4.78, 5) is 0. The lowest BCUT2D eigenvalue weighted by Gasteiger charge is -2.17. The van der Waals surface area contributed by atoms with E-state index in [1.807, 2.05) is 13.3 Å². The highest BCUT2D eigenvalue weighted by Gasteiger charge is 2.13. The standard InChI is InChI=1S/C28H34NO2P.ClH/c1-4-27(23-11-7-5-8-12-23)28(24-13-9-6-10-14-24)25-15-17-26(18-16-25)31-21-19-29-20-22-32(2,3)30;/h5-18,29H,4,19-22H2,1-3H3;1H/b28-27-;. The second-order valence-corrected chi connectivity index (χ2v) is 12.1. The van der Waals surface area contributed by atoms with Gasteiger partial charge in [-0.25, -0.2) is 0 Å². The Morgan fingerprint density at radius 3 is 1.88 bits per heavy atom. The predicted octanol–water partition coefficient (Wildman–Crippen LogP) is 2.62. The van der Waals surface area contributed by atoms with E-state index in [0.29, 0.717) is 6.61 Å². The van der Waals surface area contributed by atoms with Crippen LogP contribution in [-0.4, -0.2) is 39.2 Å². The van der Waals surface area contributed by atoms with E-state index < -0.39 is 7.14 Å². The fraction of sp³-hybridized carbons (Fsp3) is 0.286. The Labute approximate surface area is 205 Å². The summed E-state index contributed by atoms with van der Waals surface area (Å²) in [5, 5.41) is 2.18. The van der Waals surface area contributed by atoms with Gasteiger partial charge in [-0.15, -0.1) is 0 Å². The summed E-state index contributed by atoms with van der Waals surface area (Å²) in [6.07, 6.45) is 1.72. The summed E-state index contributed by atoms with van der Waals surface area (Å²) < 4.78 is 17.7. The first-order valence-corrected chi connectivity index (χ1v) is 14.2. The molecule has 0 saturated carbocycles. The van der Waals surface area contributed by atoms with E-state index in [9.17, 15) is 4.57 Å². The molecule has 0 fully saturated rings. The molecule has 3 nitrogen and oxygen atoms in total. The van der Waals surface area contributed by atoms with Gasteiger partial charge in [0, 0.05) is 6.16 Å². The molecule has 0 amide bonds. The molecule has 3 aromatic rings. The van der Waals surface area contributed by atoms with Gasteiger partial charge in [-0.1, -0.05) is 79.7 Å². The van der Waals surface area contributed by atoms with Crippen molar-refractivity contribution in [3.63, 3.8) is 0 Å². The molecule has 5 heteroatoms. The van der Waals surface area contributed by atoms with Crippen molar-refractivity contribution in [2.45, 2.75) is 13.3 Å². The average Bonchev–Trinajstić information content (AvgIpc) is 2.80. The van der Waals surface area contributed by atoms with Gasteiger partial charge in [0.15, 0.2) is 0 Å². The second kappa shape index (κ2) is 13.4. The van der Waals surface area contributed by atoms with Crippen LogP contribution in [0.4, 0.5) is 0 Å². The van der Waals surface area contributed by atoms with Crippen LogP contribution in [-0.2, 0) is 4.57 Å². The topological polar surface area (TPSA) is 42.9 Å². The number of benzene rings is 3. The van der Waals surface area contributed by atoms with Gasteiger partial charge in [0.2, 0.25) is 0 Å². The van der Waals surface area contributed by atoms with Crippen LogP contribution in [0.15, 0.2) is 84.9 Å². The minimum Gasteiger partial charge on any atom is -1.00 e. The maximum atomic E-state index is 11.8. The maximum absolute atomic E-state index is 11.8. The molecule has 0 saturated heterocycles. The number of ether oxygens (including phenoxy) is 1. The molecule has 0 radical (unpaired) electrons. The highest BCUT2D eigenvalue weighted by molar-refractivity contribution is 7.62. The van der Waals surface area contributed by atoms with Gasteiger partial charge < -0.3 is 27.0 Å². The largest absolute Gasteiger partial charge is 1.00 e. The van der Waals surface area contributed by atoms with E-state index in [1.165, 1.54) is 27.8 Å². The van der Waals surface area contributed by atoms with Crippen molar-refractivity contribution in [1.82, 2.24) is 0 Å². The van der Waals surface area contributed by atoms with E-state index in [4.69, 9.17) is 4.74 Å². The zero-order chi connectivity index (χ0) is 22.8. The molecular weight excluding hydrogens is 449 g/mol. The average molecular weight is 484 g/mol. The molecule has 3 rings (SSSR count). The summed E-state index contributed by atoms with van der Waals surface area (Å²) in [7, 11) is -1.92. The van der Waals surface area contributed by atoms with Crippen LogP contribution in [0.2, 0.25) is 0 Å². The van der Waals surface area contributed by atoms with Gasteiger partial charge >= 0.3 is 0 Å². The van der Waals surface area contributed by atoms with Gasteiger partial charge in [-0.3, -0.25) is 0 Å². The molecule has 176 valence electrons. The van der Waals surface area contributed by atoms with Crippen LogP contribution in [0.3, 0.4) is 0 Å². The lowest BCUT2D eigenvalue weighted by molar-refractivity contribution is -0.651. The number of nitrogens with two attached hydrogens (primary N) is 1. The number of hydrogen-bond acceptors (Lipinski definition) is 2. The highest BCUT2D eigenvalue weighted by atomic mass is 35.5. The maximum Gasteiger partial charge on any atom is 0.137 e. The molecule has 0 aliphatic rings. The van der Waals surface area contributed by atoms with Gasteiger partial charge in [0.1, 0.15) is 18.9 Å². The monoisotopic (exact) mass is 483 g/mol. The number of quaternary nitrogens is 1. The molecule has 0 bridgehead atoms. The van der Waals surface area contributed by atoms with Crippen LogP contribution < -0.4 is 22.5 Å². The molecule has 0 unspecified atom stereocenters. The molecule has 0 aromatic heterocycles. The van der Waals surface area contributed by atoms with Crippen molar-refractivity contribution in [1.29, 1.82) is 0 Å². The Morgan fingerprint density at radius 2 is 1.33 bits per heavy atom. The van der Waals surface area contributed by atoms with Gasteiger partial charge in [-0.2, -0.15) is 0 Å². The minimum atomic E-state index is -1.92. The van der Waals surface area contributed by atoms with Gasteiger partial charge in [0.25, 0.3) is 0 Å². The smallest absolute Gasteiger partial charge is 0.137 e. The Balaban J connectivity index is 0.00000385. The van der Waals surface area contributed by atoms with Crippen LogP contribution in [0.1, 0.15) is 30.0 Å². The Kier molecular flexibility index (Phi) is 10.9. The Bertz CT molecular complexity index is 1040. The molecule has 0 heterocycles. The van der Waals surface area contributed by atoms with E-state index in [0.717, 1.165) is 31.4 Å². The third-order valence-electron chi connectivity index (χ3n) is 5.45. The van der Waals surface area contributed by atoms with E-state index in [2.05, 4.69) is 97.2 Å². The van der Waals surface area contributed by atoms with Crippen LogP contribution >= 0.6 is 7.14 Å². The molecular formula is C28H35ClNO2P. The first-order valence-electron chi connectivity index (χ1n) is 11.4. The first kappa shape index (κ1) is 26.9. The van der Waals surface area contributed by atoms with Crippen molar-refractivity contribution < 1.29 is 27.0 Å². The van der Waals surface area contributed by atoms with Crippen LogP contribution in [0.25, 0.3) is 11.1 Å². The quantitative estimate of drug-likeness (QED) is 0.259. The fourth-order valence-corrected chi connectivity index (χ4v) is 4.61. The summed E-state index contributed by atoms with van der Waals surface area (Å²) in [6.45, 7) is 8.30. The highest BCUT2D eigenvalue weighted by Crippen LogP contribution is 2.35. The van der Waals surface area contributed by atoms with E-state index in [1.54, 1.807) is 0 Å². The zero-order valence-electron chi connectivity index (χ0n) is 19.8. The zero-order valence-corrected chi connectivity index (χ0v) is 21.5. The molecule has 0 spiro atoms. The van der Waals surface area contributed by atoms with Crippen molar-refractivity contribution >= 4 is 18.3 Å². The van der Waals surface area contributed by atoms with Crippen molar-refractivity contribution in [2.24, 2.45) is 0 Å².